The lowest BCUT2D eigenvalue weighted by atomic mass is 9.90. The van der Waals surface area contributed by atoms with Crippen molar-refractivity contribution >= 4 is 37.3 Å². The molecule has 1 unspecified atom stereocenters. The molecule has 0 saturated heterocycles. The highest BCUT2D eigenvalue weighted by Crippen LogP contribution is 2.53. The van der Waals surface area contributed by atoms with E-state index in [1.807, 2.05) is 36.4 Å². The molecule has 4 rings (SSSR count). The Bertz CT molecular complexity index is 1250. The lowest BCUT2D eigenvalue weighted by Gasteiger charge is -2.30. The first-order chi connectivity index (χ1) is 14.8. The molecular weight excluding hydrogens is 502 g/mol. The highest BCUT2D eigenvalue weighted by Gasteiger charge is 2.32. The van der Waals surface area contributed by atoms with Gasteiger partial charge in [0, 0.05) is 5.56 Å². The topological polar surface area (TPSA) is 87.9 Å². The average molecular weight is 522 g/mol. The average Bonchev–Trinajstić information content (AvgIpc) is 3.15. The van der Waals surface area contributed by atoms with Gasteiger partial charge in [0.15, 0.2) is 17.6 Å². The van der Waals surface area contributed by atoms with Crippen molar-refractivity contribution in [3.05, 3.63) is 74.9 Å². The number of methoxy groups -OCH3 is 1. The smallest absolute Gasteiger partial charge is 0.213 e. The van der Waals surface area contributed by atoms with E-state index in [0.717, 1.165) is 25.4 Å². The summed E-state index contributed by atoms with van der Waals surface area (Å²) in [6.07, 6.45) is 1.26. The number of thiophene rings is 1. The fourth-order valence-corrected chi connectivity index (χ4v) is 5.73. The Balaban J connectivity index is 1.91. The Morgan fingerprint density at radius 2 is 2.06 bits per heavy atom. The molecule has 2 aromatic carbocycles. The van der Waals surface area contributed by atoms with Gasteiger partial charge in [0.1, 0.15) is 12.4 Å². The molecule has 1 aromatic heterocycles. The molecule has 0 bridgehead atoms. The van der Waals surface area contributed by atoms with Gasteiger partial charge in [-0.1, -0.05) is 30.9 Å². The van der Waals surface area contributed by atoms with Crippen molar-refractivity contribution in [3.63, 3.8) is 0 Å². The van der Waals surface area contributed by atoms with E-state index in [9.17, 15) is 8.42 Å². The first kappa shape index (κ1) is 21.9. The summed E-state index contributed by atoms with van der Waals surface area (Å²) in [4.78, 5) is 0.984. The summed E-state index contributed by atoms with van der Waals surface area (Å²) in [5, 5.41) is 5.27. The van der Waals surface area contributed by atoms with Crippen molar-refractivity contribution in [1.82, 2.24) is 0 Å². The molecule has 3 aromatic rings. The lowest BCUT2D eigenvalue weighted by molar-refractivity contribution is 0.244. The molecule has 1 aliphatic rings. The van der Waals surface area contributed by atoms with Gasteiger partial charge in [-0.2, -0.15) is 0 Å². The molecule has 0 saturated carbocycles. The van der Waals surface area contributed by atoms with Gasteiger partial charge in [-0.3, -0.25) is 0 Å². The maximum atomic E-state index is 11.7. The minimum absolute atomic E-state index is 0.256. The van der Waals surface area contributed by atoms with Gasteiger partial charge in [-0.25, -0.2) is 13.6 Å². The number of benzene rings is 2. The second-order valence-electron chi connectivity index (χ2n) is 6.94. The Hall–Kier alpha value is -2.33. The summed E-state index contributed by atoms with van der Waals surface area (Å²) in [5.74, 6) is 1.52. The van der Waals surface area contributed by atoms with Crippen LogP contribution >= 0.6 is 27.3 Å². The SMILES string of the molecule is C=CCOc1ccc2c(c1OC)-c1ccc(CS(N)(=O)=O)cc1C(c1ccc(Br)s1)O2. The largest absolute Gasteiger partial charge is 0.492 e. The molecule has 9 heteroatoms. The molecule has 0 fully saturated rings. The van der Waals surface area contributed by atoms with Crippen LogP contribution in [0.25, 0.3) is 11.1 Å². The van der Waals surface area contributed by atoms with Crippen molar-refractivity contribution in [3.8, 4) is 28.4 Å². The zero-order chi connectivity index (χ0) is 22.2. The summed E-state index contributed by atoms with van der Waals surface area (Å²) >= 11 is 5.06. The molecule has 0 radical (unpaired) electrons. The predicted octanol–water partition coefficient (Wildman–Crippen LogP) is 5.02. The van der Waals surface area contributed by atoms with Gasteiger partial charge in [0.05, 0.1) is 27.1 Å². The molecule has 6 nitrogen and oxygen atoms in total. The van der Waals surface area contributed by atoms with Crippen LogP contribution < -0.4 is 19.3 Å². The van der Waals surface area contributed by atoms with E-state index in [1.54, 1.807) is 30.6 Å². The van der Waals surface area contributed by atoms with Gasteiger partial charge in [-0.15, -0.1) is 11.3 Å². The summed E-state index contributed by atoms with van der Waals surface area (Å²) < 4.78 is 42.2. The van der Waals surface area contributed by atoms with Crippen LogP contribution in [0.5, 0.6) is 17.2 Å². The molecule has 1 aliphatic heterocycles. The van der Waals surface area contributed by atoms with E-state index in [2.05, 4.69) is 22.5 Å². The molecule has 2 N–H and O–H groups in total. The standard InChI is InChI=1S/C22H20BrNO5S2/c1-3-10-28-17-7-6-16-20(22(17)27-2)14-5-4-13(12-31(24,25)26)11-15(14)21(29-16)18-8-9-19(23)30-18/h3-9,11,21H,1,10,12H2,2H3,(H2,24,25,26). The number of rotatable bonds is 7. The minimum atomic E-state index is -3.67. The molecule has 162 valence electrons. The summed E-state index contributed by atoms with van der Waals surface area (Å²) in [5.41, 5.74) is 3.07. The fourth-order valence-electron chi connectivity index (χ4n) is 3.61. The molecule has 1 atom stereocenters. The van der Waals surface area contributed by atoms with Crippen LogP contribution in [-0.4, -0.2) is 22.1 Å². The van der Waals surface area contributed by atoms with Crippen LogP contribution in [0.4, 0.5) is 0 Å². The van der Waals surface area contributed by atoms with E-state index in [4.69, 9.17) is 19.3 Å². The monoisotopic (exact) mass is 521 g/mol. The molecule has 0 spiro atoms. The normalized spacial score (nSPS) is 14.9. The second-order valence-corrected chi connectivity index (χ2v) is 11.0. The van der Waals surface area contributed by atoms with Crippen LogP contribution in [-0.2, 0) is 15.8 Å². The van der Waals surface area contributed by atoms with Crippen LogP contribution in [0, 0.1) is 0 Å². The third kappa shape index (κ3) is 4.50. The summed E-state index contributed by atoms with van der Waals surface area (Å²) in [6, 6.07) is 13.1. The highest BCUT2D eigenvalue weighted by atomic mass is 79.9. The Morgan fingerprint density at radius 3 is 2.71 bits per heavy atom. The Morgan fingerprint density at radius 1 is 1.26 bits per heavy atom. The second kappa shape index (κ2) is 8.66. The van der Waals surface area contributed by atoms with Crippen molar-refractivity contribution in [1.29, 1.82) is 0 Å². The molecule has 0 amide bonds. The number of sulfonamides is 1. The van der Waals surface area contributed by atoms with Gasteiger partial charge in [0.2, 0.25) is 10.0 Å². The Kier molecular flexibility index (Phi) is 6.11. The molecule has 0 aliphatic carbocycles. The number of halogens is 1. The summed E-state index contributed by atoms with van der Waals surface area (Å²) in [6.45, 7) is 4.02. The third-order valence-electron chi connectivity index (χ3n) is 4.78. The van der Waals surface area contributed by atoms with Crippen LogP contribution in [0.3, 0.4) is 0 Å². The zero-order valence-electron chi connectivity index (χ0n) is 16.6. The number of primary sulfonamides is 1. The van der Waals surface area contributed by atoms with Crippen LogP contribution in [0.2, 0.25) is 0 Å². The van der Waals surface area contributed by atoms with Crippen molar-refractivity contribution in [2.45, 2.75) is 11.9 Å². The maximum Gasteiger partial charge on any atom is 0.213 e. The number of fused-ring (bicyclic) bond motifs is 3. The first-order valence-corrected chi connectivity index (χ1v) is 12.6. The van der Waals surface area contributed by atoms with Gasteiger partial charge >= 0.3 is 0 Å². The quantitative estimate of drug-likeness (QED) is 0.441. The maximum absolute atomic E-state index is 11.7. The van der Waals surface area contributed by atoms with Crippen molar-refractivity contribution < 1.29 is 22.6 Å². The molecule has 31 heavy (non-hydrogen) atoms. The minimum Gasteiger partial charge on any atom is -0.492 e. The van der Waals surface area contributed by atoms with Gasteiger partial charge in [-0.05, 0) is 51.3 Å². The van der Waals surface area contributed by atoms with Gasteiger partial charge in [0.25, 0.3) is 0 Å². The fraction of sp³-hybridized carbons (Fsp3) is 0.182. The number of nitrogens with two attached hydrogens (primary N) is 1. The van der Waals surface area contributed by atoms with Crippen molar-refractivity contribution in [2.75, 3.05) is 13.7 Å². The van der Waals surface area contributed by atoms with E-state index in [0.29, 0.717) is 29.4 Å². The van der Waals surface area contributed by atoms with E-state index in [1.165, 1.54) is 0 Å². The predicted molar refractivity (Wildman–Crippen MR) is 125 cm³/mol. The molecular formula is C22H20BrNO5S2. The first-order valence-electron chi connectivity index (χ1n) is 9.31. The van der Waals surface area contributed by atoms with Crippen molar-refractivity contribution in [2.24, 2.45) is 5.14 Å². The number of hydrogen-bond donors (Lipinski definition) is 1. The van der Waals surface area contributed by atoms with Crippen LogP contribution in [0.15, 0.2) is 58.9 Å². The van der Waals surface area contributed by atoms with Crippen LogP contribution in [0.1, 0.15) is 22.1 Å². The number of hydrogen-bond acceptors (Lipinski definition) is 6. The van der Waals surface area contributed by atoms with E-state index >= 15 is 0 Å². The zero-order valence-corrected chi connectivity index (χ0v) is 19.8. The highest BCUT2D eigenvalue weighted by molar-refractivity contribution is 9.11. The van der Waals surface area contributed by atoms with E-state index in [-0.39, 0.29) is 5.75 Å². The van der Waals surface area contributed by atoms with Gasteiger partial charge < -0.3 is 14.2 Å². The number of ether oxygens (including phenoxy) is 3. The molecule has 2 heterocycles. The van der Waals surface area contributed by atoms with E-state index < -0.39 is 16.1 Å². The lowest BCUT2D eigenvalue weighted by Crippen LogP contribution is -2.18. The third-order valence-corrected chi connectivity index (χ3v) is 7.18. The summed E-state index contributed by atoms with van der Waals surface area (Å²) in [7, 11) is -2.09. The Labute approximate surface area is 193 Å².